The van der Waals surface area contributed by atoms with Gasteiger partial charge in [0.15, 0.2) is 0 Å². The average molecular weight is 322 g/mol. The van der Waals surface area contributed by atoms with Crippen LogP contribution >= 0.6 is 0 Å². The molecule has 1 aliphatic rings. The Morgan fingerprint density at radius 1 is 0.875 bits per heavy atom. The fourth-order valence-electron chi connectivity index (χ4n) is 4.09. The molecule has 0 heterocycles. The van der Waals surface area contributed by atoms with Crippen LogP contribution in [0.1, 0.15) is 67.7 Å². The maximum absolute atomic E-state index is 9.79. The largest absolute Gasteiger partial charge is 0.393 e. The van der Waals surface area contributed by atoms with Crippen molar-refractivity contribution in [3.8, 4) is 11.1 Å². The van der Waals surface area contributed by atoms with Gasteiger partial charge in [-0.05, 0) is 79.2 Å². The molecule has 0 radical (unpaired) electrons. The third-order valence-electron chi connectivity index (χ3n) is 5.59. The number of aliphatic hydroxyl groups is 1. The highest BCUT2D eigenvalue weighted by atomic mass is 16.3. The molecule has 0 aliphatic heterocycles. The van der Waals surface area contributed by atoms with Crippen LogP contribution in [0.5, 0.6) is 0 Å². The summed E-state index contributed by atoms with van der Waals surface area (Å²) >= 11 is 0. The Morgan fingerprint density at radius 3 is 1.92 bits per heavy atom. The molecule has 0 unspecified atom stereocenters. The molecule has 2 aromatic carbocycles. The first-order chi connectivity index (χ1) is 11.6. The van der Waals surface area contributed by atoms with Gasteiger partial charge in [-0.1, -0.05) is 55.8 Å². The molecule has 24 heavy (non-hydrogen) atoms. The Bertz CT molecular complexity index is 651. The zero-order valence-electron chi connectivity index (χ0n) is 15.3. The van der Waals surface area contributed by atoms with E-state index in [0.29, 0.717) is 5.92 Å². The van der Waals surface area contributed by atoms with Crippen LogP contribution in [-0.4, -0.2) is 11.2 Å². The zero-order chi connectivity index (χ0) is 17.1. The van der Waals surface area contributed by atoms with Crippen molar-refractivity contribution in [2.75, 3.05) is 0 Å². The van der Waals surface area contributed by atoms with E-state index in [1.165, 1.54) is 33.4 Å². The van der Waals surface area contributed by atoms with Crippen LogP contribution in [0.2, 0.25) is 0 Å². The van der Waals surface area contributed by atoms with Crippen LogP contribution < -0.4 is 0 Å². The van der Waals surface area contributed by atoms with Crippen molar-refractivity contribution >= 4 is 0 Å². The molecule has 1 fully saturated rings. The minimum absolute atomic E-state index is 0.0793. The van der Waals surface area contributed by atoms with Crippen molar-refractivity contribution in [1.82, 2.24) is 0 Å². The van der Waals surface area contributed by atoms with Gasteiger partial charge in [-0.25, -0.2) is 0 Å². The van der Waals surface area contributed by atoms with E-state index >= 15 is 0 Å². The SMILES string of the molecule is CCc1cc(C2CCC(O)CC2)cc(CC)c1-c1ccc(C)cc1. The van der Waals surface area contributed by atoms with Gasteiger partial charge in [-0.2, -0.15) is 0 Å². The highest BCUT2D eigenvalue weighted by molar-refractivity contribution is 5.72. The second-order valence-electron chi connectivity index (χ2n) is 7.29. The second-order valence-corrected chi connectivity index (χ2v) is 7.29. The smallest absolute Gasteiger partial charge is 0.0540 e. The predicted octanol–water partition coefficient (Wildman–Crippen LogP) is 5.81. The van der Waals surface area contributed by atoms with Crippen molar-refractivity contribution in [2.24, 2.45) is 0 Å². The summed E-state index contributed by atoms with van der Waals surface area (Å²) in [6, 6.07) is 13.8. The van der Waals surface area contributed by atoms with Gasteiger partial charge in [0.25, 0.3) is 0 Å². The topological polar surface area (TPSA) is 20.2 Å². The fraction of sp³-hybridized carbons (Fsp3) is 0.478. The number of hydrogen-bond acceptors (Lipinski definition) is 1. The molecule has 1 aliphatic carbocycles. The predicted molar refractivity (Wildman–Crippen MR) is 103 cm³/mol. The minimum atomic E-state index is -0.0793. The molecule has 3 rings (SSSR count). The summed E-state index contributed by atoms with van der Waals surface area (Å²) in [5.41, 5.74) is 8.54. The van der Waals surface area contributed by atoms with E-state index in [0.717, 1.165) is 38.5 Å². The van der Waals surface area contributed by atoms with Gasteiger partial charge in [-0.3, -0.25) is 0 Å². The lowest BCUT2D eigenvalue weighted by atomic mass is 9.79. The molecule has 1 nitrogen and oxygen atoms in total. The van der Waals surface area contributed by atoms with Crippen molar-refractivity contribution in [3.63, 3.8) is 0 Å². The third kappa shape index (κ3) is 3.57. The second kappa shape index (κ2) is 7.53. The van der Waals surface area contributed by atoms with Gasteiger partial charge in [0.05, 0.1) is 6.10 Å². The van der Waals surface area contributed by atoms with Crippen molar-refractivity contribution < 1.29 is 5.11 Å². The quantitative estimate of drug-likeness (QED) is 0.753. The Labute approximate surface area is 146 Å². The van der Waals surface area contributed by atoms with Gasteiger partial charge in [0, 0.05) is 0 Å². The average Bonchev–Trinajstić information content (AvgIpc) is 2.62. The van der Waals surface area contributed by atoms with E-state index in [2.05, 4.69) is 57.2 Å². The molecule has 1 saturated carbocycles. The summed E-state index contributed by atoms with van der Waals surface area (Å²) in [6.07, 6.45) is 6.21. The van der Waals surface area contributed by atoms with E-state index in [-0.39, 0.29) is 6.10 Å². The molecular formula is C23H30O. The van der Waals surface area contributed by atoms with E-state index in [9.17, 15) is 5.11 Å². The first kappa shape index (κ1) is 17.2. The van der Waals surface area contributed by atoms with Crippen LogP contribution in [0, 0.1) is 6.92 Å². The van der Waals surface area contributed by atoms with E-state index < -0.39 is 0 Å². The fourth-order valence-corrected chi connectivity index (χ4v) is 4.09. The van der Waals surface area contributed by atoms with Crippen molar-refractivity contribution in [1.29, 1.82) is 0 Å². The monoisotopic (exact) mass is 322 g/mol. The van der Waals surface area contributed by atoms with Gasteiger partial charge >= 0.3 is 0 Å². The summed E-state index contributed by atoms with van der Waals surface area (Å²) in [7, 11) is 0. The molecule has 1 heteroatoms. The van der Waals surface area contributed by atoms with Crippen LogP contribution in [0.15, 0.2) is 36.4 Å². The van der Waals surface area contributed by atoms with Crippen LogP contribution in [0.25, 0.3) is 11.1 Å². The highest BCUT2D eigenvalue weighted by Gasteiger charge is 2.22. The lowest BCUT2D eigenvalue weighted by Crippen LogP contribution is -2.17. The summed E-state index contributed by atoms with van der Waals surface area (Å²) in [5, 5.41) is 9.79. The molecule has 0 amide bonds. The Balaban J connectivity index is 2.02. The van der Waals surface area contributed by atoms with Gasteiger partial charge in [0.1, 0.15) is 0 Å². The van der Waals surface area contributed by atoms with Gasteiger partial charge in [0.2, 0.25) is 0 Å². The summed E-state index contributed by atoms with van der Waals surface area (Å²) in [4.78, 5) is 0. The molecule has 0 saturated heterocycles. The van der Waals surface area contributed by atoms with Crippen molar-refractivity contribution in [2.45, 2.75) is 71.3 Å². The number of rotatable bonds is 4. The Hall–Kier alpha value is -1.60. The summed E-state index contributed by atoms with van der Waals surface area (Å²) in [6.45, 7) is 6.67. The van der Waals surface area contributed by atoms with Gasteiger partial charge < -0.3 is 5.11 Å². The molecular weight excluding hydrogens is 292 g/mol. The number of aryl methyl sites for hydroxylation is 3. The minimum Gasteiger partial charge on any atom is -0.393 e. The molecule has 0 bridgehead atoms. The van der Waals surface area contributed by atoms with E-state index in [4.69, 9.17) is 0 Å². The Kier molecular flexibility index (Phi) is 5.40. The standard InChI is InChI=1S/C23H30O/c1-4-17-14-21(19-10-12-22(24)13-11-19)15-18(5-2)23(17)20-8-6-16(3)7-9-20/h6-9,14-15,19,22,24H,4-5,10-13H2,1-3H3. The normalized spacial score (nSPS) is 21.0. The Morgan fingerprint density at radius 2 is 1.42 bits per heavy atom. The van der Waals surface area contributed by atoms with E-state index in [1.807, 2.05) is 0 Å². The van der Waals surface area contributed by atoms with Crippen LogP contribution in [-0.2, 0) is 12.8 Å². The van der Waals surface area contributed by atoms with Crippen molar-refractivity contribution in [3.05, 3.63) is 58.7 Å². The lowest BCUT2D eigenvalue weighted by Gasteiger charge is -2.27. The first-order valence-electron chi connectivity index (χ1n) is 9.53. The highest BCUT2D eigenvalue weighted by Crippen LogP contribution is 2.37. The summed E-state index contributed by atoms with van der Waals surface area (Å²) < 4.78 is 0. The first-order valence-corrected chi connectivity index (χ1v) is 9.53. The maximum Gasteiger partial charge on any atom is 0.0540 e. The third-order valence-corrected chi connectivity index (χ3v) is 5.59. The molecule has 1 N–H and O–H groups in total. The van der Waals surface area contributed by atoms with Gasteiger partial charge in [-0.15, -0.1) is 0 Å². The van der Waals surface area contributed by atoms with Crippen LogP contribution in [0.3, 0.4) is 0 Å². The number of aliphatic hydroxyl groups excluding tert-OH is 1. The van der Waals surface area contributed by atoms with Crippen LogP contribution in [0.4, 0.5) is 0 Å². The molecule has 2 aromatic rings. The lowest BCUT2D eigenvalue weighted by molar-refractivity contribution is 0.122. The maximum atomic E-state index is 9.79. The number of benzene rings is 2. The van der Waals surface area contributed by atoms with E-state index in [1.54, 1.807) is 0 Å². The zero-order valence-corrected chi connectivity index (χ0v) is 15.3. The summed E-state index contributed by atoms with van der Waals surface area (Å²) in [5.74, 6) is 0.621. The molecule has 0 spiro atoms. The molecule has 128 valence electrons. The number of hydrogen-bond donors (Lipinski definition) is 1. The molecule has 0 atom stereocenters. The molecule has 0 aromatic heterocycles.